The summed E-state index contributed by atoms with van der Waals surface area (Å²) >= 11 is 6.83. The maximum Gasteiger partial charge on any atom is 0.298 e. The summed E-state index contributed by atoms with van der Waals surface area (Å²) in [4.78, 5) is 13.8. The van der Waals surface area contributed by atoms with Crippen LogP contribution >= 0.6 is 31.9 Å². The van der Waals surface area contributed by atoms with Crippen LogP contribution in [0.1, 0.15) is 16.0 Å². The number of halogens is 2. The Morgan fingerprint density at radius 3 is 2.42 bits per heavy atom. The highest BCUT2D eigenvalue weighted by molar-refractivity contribution is 9.18. The molecule has 1 aliphatic heterocycles. The molecule has 3 rings (SSSR count). The number of amides is 1. The maximum atomic E-state index is 12.0. The predicted octanol–water partition coefficient (Wildman–Crippen LogP) is 5.33. The van der Waals surface area contributed by atoms with Gasteiger partial charge < -0.3 is 0 Å². The number of para-hydroxylation sites is 2. The van der Waals surface area contributed by atoms with Gasteiger partial charge in [0.1, 0.15) is 0 Å². The number of carbonyl (C=O) groups is 1. The van der Waals surface area contributed by atoms with E-state index in [0.29, 0.717) is 0 Å². The van der Waals surface area contributed by atoms with Gasteiger partial charge in [-0.25, -0.2) is 0 Å². The second-order valence-electron chi connectivity index (χ2n) is 4.45. The van der Waals surface area contributed by atoms with Gasteiger partial charge in [-0.1, -0.05) is 52.3 Å². The summed E-state index contributed by atoms with van der Waals surface area (Å²) in [6.45, 7) is 0. The molecule has 0 fully saturated rings. The third kappa shape index (κ3) is 2.23. The number of nitrogens with zero attached hydrogens (tertiary/aromatic N) is 1. The number of hydrogen-bond donors (Lipinski definition) is 0. The van der Waals surface area contributed by atoms with Crippen LogP contribution < -0.4 is 4.90 Å². The summed E-state index contributed by atoms with van der Waals surface area (Å²) in [6, 6.07) is 16.0. The lowest BCUT2D eigenvalue weighted by molar-refractivity contribution is 0.268. The Labute approximate surface area is 128 Å². The molecular weight excluding hydrogens is 370 g/mol. The third-order valence-electron chi connectivity index (χ3n) is 3.32. The van der Waals surface area contributed by atoms with Crippen LogP contribution in [0.4, 0.5) is 16.2 Å². The van der Waals surface area contributed by atoms with Gasteiger partial charge in [-0.3, -0.25) is 9.69 Å². The minimum absolute atomic E-state index is 0.144. The second kappa shape index (κ2) is 5.10. The highest BCUT2D eigenvalue weighted by Crippen LogP contribution is 2.43. The van der Waals surface area contributed by atoms with Crippen LogP contribution in [0.25, 0.3) is 0 Å². The standard InChI is InChI=1S/C15H11Br2NO/c16-12-9-10-5-1-3-7-13(10)18(15(17)19)14-8-4-2-6-11(12)14/h1-8,12H,9H2. The van der Waals surface area contributed by atoms with E-state index in [0.717, 1.165) is 28.9 Å². The van der Waals surface area contributed by atoms with Crippen molar-refractivity contribution in [2.45, 2.75) is 11.2 Å². The molecule has 2 nitrogen and oxygen atoms in total. The minimum Gasteiger partial charge on any atom is -0.271 e. The summed E-state index contributed by atoms with van der Waals surface area (Å²) in [5.74, 6) is 0. The van der Waals surface area contributed by atoms with Crippen LogP contribution in [-0.4, -0.2) is 4.82 Å². The lowest BCUT2D eigenvalue weighted by Gasteiger charge is -2.22. The van der Waals surface area contributed by atoms with Crippen molar-refractivity contribution in [3.05, 3.63) is 59.7 Å². The van der Waals surface area contributed by atoms with Gasteiger partial charge >= 0.3 is 0 Å². The average Bonchev–Trinajstić information content (AvgIpc) is 2.53. The van der Waals surface area contributed by atoms with Crippen molar-refractivity contribution in [2.75, 3.05) is 4.90 Å². The molecule has 1 unspecified atom stereocenters. The molecule has 0 radical (unpaired) electrons. The molecule has 2 aromatic rings. The lowest BCUT2D eigenvalue weighted by atomic mass is 10.0. The zero-order valence-electron chi connectivity index (χ0n) is 10.0. The SMILES string of the molecule is O=C(Br)N1c2ccccc2CC(Br)c2ccccc21. The average molecular weight is 381 g/mol. The highest BCUT2D eigenvalue weighted by Gasteiger charge is 2.27. The van der Waals surface area contributed by atoms with Crippen LogP contribution in [0.5, 0.6) is 0 Å². The lowest BCUT2D eigenvalue weighted by Crippen LogP contribution is -2.20. The number of carbonyl (C=O) groups excluding carboxylic acids is 1. The highest BCUT2D eigenvalue weighted by atomic mass is 79.9. The molecule has 96 valence electrons. The molecule has 19 heavy (non-hydrogen) atoms. The van der Waals surface area contributed by atoms with Crippen molar-refractivity contribution in [2.24, 2.45) is 0 Å². The van der Waals surface area contributed by atoms with E-state index in [9.17, 15) is 4.79 Å². The second-order valence-corrected chi connectivity index (χ2v) is 6.23. The number of alkyl halides is 1. The fourth-order valence-corrected chi connectivity index (χ4v) is 3.60. The molecule has 0 aromatic heterocycles. The van der Waals surface area contributed by atoms with Crippen LogP contribution in [0.3, 0.4) is 0 Å². The summed E-state index contributed by atoms with van der Waals surface area (Å²) in [6.07, 6.45) is 0.865. The summed E-state index contributed by atoms with van der Waals surface area (Å²) in [5.41, 5.74) is 4.16. The van der Waals surface area contributed by atoms with E-state index in [1.807, 2.05) is 36.4 Å². The van der Waals surface area contributed by atoms with Crippen molar-refractivity contribution in [3.8, 4) is 0 Å². The quantitative estimate of drug-likeness (QED) is 0.343. The topological polar surface area (TPSA) is 20.3 Å². The molecule has 2 aromatic carbocycles. The Kier molecular flexibility index (Phi) is 3.46. The van der Waals surface area contributed by atoms with Gasteiger partial charge in [-0.05, 0) is 29.7 Å². The molecule has 1 heterocycles. The van der Waals surface area contributed by atoms with Crippen molar-refractivity contribution in [3.63, 3.8) is 0 Å². The van der Waals surface area contributed by atoms with Gasteiger partial charge in [-0.15, -0.1) is 0 Å². The van der Waals surface area contributed by atoms with E-state index in [1.165, 1.54) is 0 Å². The molecule has 0 N–H and O–H groups in total. The zero-order valence-corrected chi connectivity index (χ0v) is 13.2. The van der Waals surface area contributed by atoms with E-state index in [1.54, 1.807) is 4.90 Å². The van der Waals surface area contributed by atoms with E-state index in [-0.39, 0.29) is 9.64 Å². The van der Waals surface area contributed by atoms with Gasteiger partial charge in [0.25, 0.3) is 4.82 Å². The maximum absolute atomic E-state index is 12.0. The monoisotopic (exact) mass is 379 g/mol. The van der Waals surface area contributed by atoms with Crippen LogP contribution in [0.15, 0.2) is 48.5 Å². The van der Waals surface area contributed by atoms with Crippen molar-refractivity contribution in [1.29, 1.82) is 0 Å². The molecule has 1 amide bonds. The number of fused-ring (bicyclic) bond motifs is 2. The predicted molar refractivity (Wildman–Crippen MR) is 84.7 cm³/mol. The molecule has 0 saturated heterocycles. The molecule has 1 atom stereocenters. The normalized spacial score (nSPS) is 17.4. The van der Waals surface area contributed by atoms with Gasteiger partial charge in [0.15, 0.2) is 0 Å². The van der Waals surface area contributed by atoms with E-state index in [2.05, 4.69) is 44.0 Å². The first-order valence-electron chi connectivity index (χ1n) is 5.99. The summed E-state index contributed by atoms with van der Waals surface area (Å²) in [7, 11) is 0. The van der Waals surface area contributed by atoms with Gasteiger partial charge in [0, 0.05) is 20.8 Å². The fourth-order valence-electron chi connectivity index (χ4n) is 2.48. The zero-order chi connectivity index (χ0) is 13.4. The number of hydrogen-bond acceptors (Lipinski definition) is 1. The molecular formula is C15H11Br2NO. The van der Waals surface area contributed by atoms with Crippen molar-refractivity contribution < 1.29 is 4.79 Å². The van der Waals surface area contributed by atoms with Crippen LogP contribution in [0.2, 0.25) is 0 Å². The Hall–Kier alpha value is -1.13. The Morgan fingerprint density at radius 1 is 1.05 bits per heavy atom. The first kappa shape index (κ1) is 12.9. The van der Waals surface area contributed by atoms with Crippen molar-refractivity contribution >= 4 is 48.1 Å². The third-order valence-corrected chi connectivity index (χ3v) is 4.49. The summed E-state index contributed by atoms with van der Waals surface area (Å²) in [5, 5.41) is 0. The van der Waals surface area contributed by atoms with E-state index >= 15 is 0 Å². The van der Waals surface area contributed by atoms with Crippen LogP contribution in [-0.2, 0) is 6.42 Å². The number of rotatable bonds is 0. The van der Waals surface area contributed by atoms with E-state index in [4.69, 9.17) is 0 Å². The smallest absolute Gasteiger partial charge is 0.271 e. The van der Waals surface area contributed by atoms with Gasteiger partial charge in [-0.2, -0.15) is 0 Å². The van der Waals surface area contributed by atoms with Crippen molar-refractivity contribution in [1.82, 2.24) is 0 Å². The Morgan fingerprint density at radius 2 is 1.68 bits per heavy atom. The molecule has 0 spiro atoms. The first-order chi connectivity index (χ1) is 9.18. The van der Waals surface area contributed by atoms with Gasteiger partial charge in [0.2, 0.25) is 0 Å². The fraction of sp³-hybridized carbons (Fsp3) is 0.133. The molecule has 4 heteroatoms. The van der Waals surface area contributed by atoms with Crippen LogP contribution in [0, 0.1) is 0 Å². The minimum atomic E-state index is -0.144. The molecule has 0 aliphatic carbocycles. The first-order valence-corrected chi connectivity index (χ1v) is 7.70. The molecule has 1 aliphatic rings. The van der Waals surface area contributed by atoms with E-state index < -0.39 is 0 Å². The largest absolute Gasteiger partial charge is 0.298 e. The Balaban J connectivity index is 2.28. The molecule has 0 bridgehead atoms. The molecule has 0 saturated carbocycles. The Bertz CT molecular complexity index is 642. The number of anilines is 2. The summed E-state index contributed by atoms with van der Waals surface area (Å²) < 4.78 is 0. The van der Waals surface area contributed by atoms with Gasteiger partial charge in [0.05, 0.1) is 11.4 Å². The number of benzene rings is 2.